The molecule has 3 rings (SSSR count). The van der Waals surface area contributed by atoms with Gasteiger partial charge in [-0.05, 0) is 30.5 Å². The molecule has 0 saturated carbocycles. The van der Waals surface area contributed by atoms with Crippen LogP contribution in [0.4, 0.5) is 0 Å². The Labute approximate surface area is 135 Å². The van der Waals surface area contributed by atoms with Gasteiger partial charge in [-0.3, -0.25) is 4.79 Å². The number of hydrogen-bond donors (Lipinski definition) is 2. The van der Waals surface area contributed by atoms with Gasteiger partial charge in [-0.25, -0.2) is 4.98 Å². The summed E-state index contributed by atoms with van der Waals surface area (Å²) in [7, 11) is 0. The van der Waals surface area contributed by atoms with Gasteiger partial charge >= 0.3 is 0 Å². The predicted molar refractivity (Wildman–Crippen MR) is 86.0 cm³/mol. The Morgan fingerprint density at radius 2 is 2.32 bits per heavy atom. The third-order valence-electron chi connectivity index (χ3n) is 3.15. The number of rotatable bonds is 5. The molecule has 2 N–H and O–H groups in total. The van der Waals surface area contributed by atoms with E-state index in [1.54, 1.807) is 35.8 Å². The number of nitrogens with zero attached hydrogens (tertiary/aromatic N) is 1. The summed E-state index contributed by atoms with van der Waals surface area (Å²) in [6.07, 6.45) is 1.49. The highest BCUT2D eigenvalue weighted by atomic mass is 32.1. The number of carbonyl (C=O) groups is 1. The zero-order chi connectivity index (χ0) is 15.6. The SMILES string of the molecule is CC(O)(CNC(=O)c1csc(-c2ccsc2)n1)c1ccco1. The van der Waals surface area contributed by atoms with Gasteiger partial charge in [-0.2, -0.15) is 11.3 Å². The lowest BCUT2D eigenvalue weighted by atomic mass is 10.0. The molecule has 0 bridgehead atoms. The average molecular weight is 334 g/mol. The maximum Gasteiger partial charge on any atom is 0.270 e. The molecular weight excluding hydrogens is 320 g/mol. The number of thiophene rings is 1. The molecule has 7 heteroatoms. The number of aromatic nitrogens is 1. The molecule has 1 amide bonds. The molecule has 0 aliphatic carbocycles. The first-order valence-electron chi connectivity index (χ1n) is 6.59. The fourth-order valence-corrected chi connectivity index (χ4v) is 3.42. The van der Waals surface area contributed by atoms with Gasteiger partial charge in [0.05, 0.1) is 12.8 Å². The van der Waals surface area contributed by atoms with Crippen LogP contribution in [0.2, 0.25) is 0 Å². The summed E-state index contributed by atoms with van der Waals surface area (Å²) < 4.78 is 5.18. The van der Waals surface area contributed by atoms with Crippen molar-refractivity contribution < 1.29 is 14.3 Å². The molecule has 3 aromatic heterocycles. The van der Waals surface area contributed by atoms with E-state index in [1.807, 2.05) is 16.8 Å². The number of aliphatic hydroxyl groups is 1. The van der Waals surface area contributed by atoms with Crippen molar-refractivity contribution in [3.63, 3.8) is 0 Å². The highest BCUT2D eigenvalue weighted by Crippen LogP contribution is 2.26. The highest BCUT2D eigenvalue weighted by molar-refractivity contribution is 7.14. The molecule has 0 saturated heterocycles. The van der Waals surface area contributed by atoms with Crippen LogP contribution in [0, 0.1) is 0 Å². The number of carbonyl (C=O) groups excluding carboxylic acids is 1. The van der Waals surface area contributed by atoms with Gasteiger partial charge in [-0.15, -0.1) is 11.3 Å². The van der Waals surface area contributed by atoms with E-state index in [-0.39, 0.29) is 12.5 Å². The summed E-state index contributed by atoms with van der Waals surface area (Å²) in [6.45, 7) is 1.63. The van der Waals surface area contributed by atoms with Crippen LogP contribution in [0.5, 0.6) is 0 Å². The van der Waals surface area contributed by atoms with Crippen LogP contribution in [0.25, 0.3) is 10.6 Å². The highest BCUT2D eigenvalue weighted by Gasteiger charge is 2.27. The van der Waals surface area contributed by atoms with E-state index in [9.17, 15) is 9.90 Å². The van der Waals surface area contributed by atoms with Crippen LogP contribution in [0.15, 0.2) is 45.0 Å². The molecule has 114 valence electrons. The first-order valence-corrected chi connectivity index (χ1v) is 8.41. The van der Waals surface area contributed by atoms with E-state index in [1.165, 1.54) is 17.6 Å². The minimum atomic E-state index is -1.26. The van der Waals surface area contributed by atoms with E-state index in [0.717, 1.165) is 10.6 Å². The second-order valence-electron chi connectivity index (χ2n) is 4.98. The molecule has 5 nitrogen and oxygen atoms in total. The van der Waals surface area contributed by atoms with Crippen LogP contribution < -0.4 is 5.32 Å². The average Bonchev–Trinajstić information content (AvgIpc) is 3.26. The van der Waals surface area contributed by atoms with E-state index in [4.69, 9.17) is 4.42 Å². The quantitative estimate of drug-likeness (QED) is 0.752. The normalized spacial score (nSPS) is 13.7. The van der Waals surface area contributed by atoms with Gasteiger partial charge in [0.15, 0.2) is 0 Å². The number of amides is 1. The molecule has 0 aliphatic rings. The Morgan fingerprint density at radius 1 is 1.45 bits per heavy atom. The van der Waals surface area contributed by atoms with Crippen molar-refractivity contribution in [3.8, 4) is 10.6 Å². The van der Waals surface area contributed by atoms with Crippen LogP contribution in [0.3, 0.4) is 0 Å². The van der Waals surface area contributed by atoms with Crippen molar-refractivity contribution in [1.82, 2.24) is 10.3 Å². The lowest BCUT2D eigenvalue weighted by molar-refractivity contribution is 0.0329. The molecule has 0 fully saturated rings. The maximum absolute atomic E-state index is 12.1. The van der Waals surface area contributed by atoms with Gasteiger partial charge < -0.3 is 14.8 Å². The second kappa shape index (κ2) is 6.04. The predicted octanol–water partition coefficient (Wildman–Crippen LogP) is 3.10. The van der Waals surface area contributed by atoms with Gasteiger partial charge in [0.2, 0.25) is 0 Å². The number of furan rings is 1. The van der Waals surface area contributed by atoms with Crippen LogP contribution in [-0.2, 0) is 5.60 Å². The third-order valence-corrected chi connectivity index (χ3v) is 4.72. The number of thiazole rings is 1. The van der Waals surface area contributed by atoms with Crippen molar-refractivity contribution in [3.05, 3.63) is 52.1 Å². The Bertz CT molecular complexity index is 746. The monoisotopic (exact) mass is 334 g/mol. The molecule has 1 unspecified atom stereocenters. The minimum absolute atomic E-state index is 0.0463. The molecular formula is C15H14N2O3S2. The summed E-state index contributed by atoms with van der Waals surface area (Å²) in [6, 6.07) is 5.33. The number of nitrogens with one attached hydrogen (secondary N) is 1. The molecule has 0 radical (unpaired) electrons. The topological polar surface area (TPSA) is 75.4 Å². The van der Waals surface area contributed by atoms with E-state index in [2.05, 4.69) is 10.3 Å². The lowest BCUT2D eigenvalue weighted by Gasteiger charge is -2.20. The van der Waals surface area contributed by atoms with Crippen molar-refractivity contribution in [2.24, 2.45) is 0 Å². The molecule has 1 atom stereocenters. The Morgan fingerprint density at radius 3 is 3.00 bits per heavy atom. The first kappa shape index (κ1) is 15.0. The summed E-state index contributed by atoms with van der Waals surface area (Å²) in [5, 5.41) is 19.5. The summed E-state index contributed by atoms with van der Waals surface area (Å²) >= 11 is 3.01. The summed E-state index contributed by atoms with van der Waals surface area (Å²) in [5.41, 5.74) is 0.101. The van der Waals surface area contributed by atoms with Gasteiger partial charge in [0.1, 0.15) is 22.1 Å². The third kappa shape index (κ3) is 3.11. The second-order valence-corrected chi connectivity index (χ2v) is 6.62. The number of hydrogen-bond acceptors (Lipinski definition) is 6. The minimum Gasteiger partial charge on any atom is -0.466 e. The van der Waals surface area contributed by atoms with Crippen LogP contribution in [-0.4, -0.2) is 22.5 Å². The fourth-order valence-electron chi connectivity index (χ4n) is 1.91. The molecule has 0 aliphatic heterocycles. The van der Waals surface area contributed by atoms with Gasteiger partial charge in [0.25, 0.3) is 5.91 Å². The summed E-state index contributed by atoms with van der Waals surface area (Å²) in [5.74, 6) is 0.0922. The van der Waals surface area contributed by atoms with Gasteiger partial charge in [-0.1, -0.05) is 0 Å². The molecule has 3 heterocycles. The molecule has 22 heavy (non-hydrogen) atoms. The standard InChI is InChI=1S/C15H14N2O3S2/c1-15(19,12-3-2-5-20-12)9-16-13(18)11-8-22-14(17-11)10-4-6-21-7-10/h2-8,19H,9H2,1H3,(H,16,18). The first-order chi connectivity index (χ1) is 10.6. The largest absolute Gasteiger partial charge is 0.466 e. The van der Waals surface area contributed by atoms with Crippen molar-refractivity contribution >= 4 is 28.6 Å². The van der Waals surface area contributed by atoms with Crippen molar-refractivity contribution in [2.45, 2.75) is 12.5 Å². The maximum atomic E-state index is 12.1. The van der Waals surface area contributed by atoms with Crippen LogP contribution >= 0.6 is 22.7 Å². The Balaban J connectivity index is 1.65. The van der Waals surface area contributed by atoms with E-state index in [0.29, 0.717) is 11.5 Å². The lowest BCUT2D eigenvalue weighted by Crippen LogP contribution is -2.38. The zero-order valence-electron chi connectivity index (χ0n) is 11.8. The molecule has 0 aromatic carbocycles. The van der Waals surface area contributed by atoms with Crippen molar-refractivity contribution in [1.29, 1.82) is 0 Å². The molecule has 0 spiro atoms. The van der Waals surface area contributed by atoms with Crippen molar-refractivity contribution in [2.75, 3.05) is 6.54 Å². The molecule has 3 aromatic rings. The fraction of sp³-hybridized carbons (Fsp3) is 0.200. The van der Waals surface area contributed by atoms with E-state index < -0.39 is 5.60 Å². The zero-order valence-corrected chi connectivity index (χ0v) is 13.4. The van der Waals surface area contributed by atoms with Gasteiger partial charge in [0, 0.05) is 16.3 Å². The van der Waals surface area contributed by atoms with Crippen LogP contribution in [0.1, 0.15) is 23.2 Å². The Kier molecular flexibility index (Phi) is 4.10. The Hall–Kier alpha value is -1.96. The summed E-state index contributed by atoms with van der Waals surface area (Å²) in [4.78, 5) is 16.5. The smallest absolute Gasteiger partial charge is 0.270 e. The van der Waals surface area contributed by atoms with E-state index >= 15 is 0 Å².